The highest BCUT2D eigenvalue weighted by Crippen LogP contribution is 2.33. The Labute approximate surface area is 103 Å². The lowest BCUT2D eigenvalue weighted by Gasteiger charge is -2.38. The lowest BCUT2D eigenvalue weighted by molar-refractivity contribution is -0.105. The normalized spacial score (nSPS) is 18.6. The van der Waals surface area contributed by atoms with Gasteiger partial charge in [-0.3, -0.25) is 0 Å². The summed E-state index contributed by atoms with van der Waals surface area (Å²) in [4.78, 5) is 0.370. The number of hydrogen-bond acceptors (Lipinski definition) is 3. The Morgan fingerprint density at radius 1 is 1.29 bits per heavy atom. The van der Waals surface area contributed by atoms with Crippen LogP contribution >= 0.6 is 0 Å². The second kappa shape index (κ2) is 4.78. The predicted molar refractivity (Wildman–Crippen MR) is 66.1 cm³/mol. The minimum atomic E-state index is -3.23. The zero-order chi connectivity index (χ0) is 12.4. The van der Waals surface area contributed by atoms with Crippen LogP contribution in [0.4, 0.5) is 0 Å². The van der Waals surface area contributed by atoms with Crippen molar-refractivity contribution in [1.29, 1.82) is 0 Å². The van der Waals surface area contributed by atoms with E-state index in [-0.39, 0.29) is 5.41 Å². The fourth-order valence-corrected chi connectivity index (χ4v) is 3.02. The number of benzene rings is 1. The van der Waals surface area contributed by atoms with Crippen molar-refractivity contribution in [2.45, 2.75) is 24.7 Å². The lowest BCUT2D eigenvalue weighted by Crippen LogP contribution is -2.39. The van der Waals surface area contributed by atoms with Crippen LogP contribution in [-0.2, 0) is 14.6 Å². The second-order valence-corrected chi connectivity index (χ2v) is 6.76. The smallest absolute Gasteiger partial charge is 0.182 e. The maximum atomic E-state index is 11.9. The zero-order valence-corrected chi connectivity index (χ0v) is 10.7. The molecule has 3 nitrogen and oxygen atoms in total. The van der Waals surface area contributed by atoms with Gasteiger partial charge in [-0.15, -0.1) is 0 Å². The van der Waals surface area contributed by atoms with Gasteiger partial charge in [0.2, 0.25) is 0 Å². The van der Waals surface area contributed by atoms with Gasteiger partial charge < -0.3 is 4.74 Å². The molecule has 4 heteroatoms. The van der Waals surface area contributed by atoms with Crippen LogP contribution in [0.2, 0.25) is 0 Å². The fraction of sp³-hybridized carbons (Fsp3) is 0.462. The standard InChI is InChI=1S/C13H17O3S/c1-13(10-16-11-13)8-5-9-17(14,15)12-6-3-2-4-7-12/h2-4,6-7,9H,5,8,10-11H2,1H3. The molecule has 1 aromatic carbocycles. The summed E-state index contributed by atoms with van der Waals surface area (Å²) in [6.45, 7) is 3.61. The molecular weight excluding hydrogens is 236 g/mol. The van der Waals surface area contributed by atoms with Crippen LogP contribution in [0.15, 0.2) is 35.2 Å². The van der Waals surface area contributed by atoms with E-state index in [9.17, 15) is 8.42 Å². The number of sulfone groups is 1. The first-order valence-electron chi connectivity index (χ1n) is 5.73. The zero-order valence-electron chi connectivity index (χ0n) is 9.93. The van der Waals surface area contributed by atoms with Crippen molar-refractivity contribution >= 4 is 9.84 Å². The van der Waals surface area contributed by atoms with Crippen molar-refractivity contribution in [3.63, 3.8) is 0 Å². The van der Waals surface area contributed by atoms with Crippen LogP contribution in [0.25, 0.3) is 0 Å². The number of ether oxygens (including phenoxy) is 1. The predicted octanol–water partition coefficient (Wildman–Crippen LogP) is 2.44. The van der Waals surface area contributed by atoms with Gasteiger partial charge in [0.05, 0.1) is 23.9 Å². The molecule has 0 saturated carbocycles. The van der Waals surface area contributed by atoms with E-state index in [1.54, 1.807) is 24.3 Å². The van der Waals surface area contributed by atoms with Crippen LogP contribution in [0.3, 0.4) is 0 Å². The summed E-state index contributed by atoms with van der Waals surface area (Å²) in [6, 6.07) is 8.54. The minimum absolute atomic E-state index is 0.169. The molecule has 0 spiro atoms. The Bertz CT molecular complexity index is 461. The molecule has 1 fully saturated rings. The monoisotopic (exact) mass is 253 g/mol. The average molecular weight is 253 g/mol. The molecule has 0 N–H and O–H groups in total. The highest BCUT2D eigenvalue weighted by molar-refractivity contribution is 7.93. The summed E-state index contributed by atoms with van der Waals surface area (Å²) in [5, 5.41) is 0. The van der Waals surface area contributed by atoms with Crippen LogP contribution in [-0.4, -0.2) is 21.6 Å². The molecule has 0 unspecified atom stereocenters. The molecule has 0 bridgehead atoms. The van der Waals surface area contributed by atoms with Crippen LogP contribution in [0.1, 0.15) is 19.8 Å². The van der Waals surface area contributed by atoms with Gasteiger partial charge in [0.15, 0.2) is 9.84 Å². The molecule has 0 aromatic heterocycles. The SMILES string of the molecule is CC1(CC[CH]S(=O)(=O)c2ccccc2)COC1. The van der Waals surface area contributed by atoms with Gasteiger partial charge in [0.25, 0.3) is 0 Å². The van der Waals surface area contributed by atoms with Gasteiger partial charge in [0.1, 0.15) is 0 Å². The maximum Gasteiger partial charge on any atom is 0.182 e. The summed E-state index contributed by atoms with van der Waals surface area (Å²) < 4.78 is 29.0. The van der Waals surface area contributed by atoms with Crippen LogP contribution in [0.5, 0.6) is 0 Å². The summed E-state index contributed by atoms with van der Waals surface area (Å²) in [5.41, 5.74) is 0.169. The fourth-order valence-electron chi connectivity index (χ4n) is 1.86. The molecule has 1 radical (unpaired) electrons. The van der Waals surface area contributed by atoms with Crippen molar-refractivity contribution in [2.75, 3.05) is 13.2 Å². The number of hydrogen-bond donors (Lipinski definition) is 0. The average Bonchev–Trinajstić information content (AvgIpc) is 2.28. The van der Waals surface area contributed by atoms with E-state index >= 15 is 0 Å². The van der Waals surface area contributed by atoms with Crippen molar-refractivity contribution in [1.82, 2.24) is 0 Å². The van der Waals surface area contributed by atoms with E-state index in [0.29, 0.717) is 11.3 Å². The molecule has 1 aliphatic rings. The Morgan fingerprint density at radius 3 is 2.47 bits per heavy atom. The first-order chi connectivity index (χ1) is 8.02. The van der Waals surface area contributed by atoms with E-state index in [0.717, 1.165) is 19.6 Å². The van der Waals surface area contributed by atoms with Gasteiger partial charge in [-0.25, -0.2) is 8.42 Å². The third kappa shape index (κ3) is 3.07. The Balaban J connectivity index is 1.90. The van der Waals surface area contributed by atoms with Gasteiger partial charge in [-0.2, -0.15) is 0 Å². The highest BCUT2D eigenvalue weighted by atomic mass is 32.2. The Morgan fingerprint density at radius 2 is 1.94 bits per heavy atom. The second-order valence-electron chi connectivity index (χ2n) is 4.87. The van der Waals surface area contributed by atoms with E-state index in [2.05, 4.69) is 6.92 Å². The van der Waals surface area contributed by atoms with Gasteiger partial charge >= 0.3 is 0 Å². The first-order valence-corrected chi connectivity index (χ1v) is 7.28. The van der Waals surface area contributed by atoms with E-state index in [4.69, 9.17) is 4.74 Å². The molecule has 0 atom stereocenters. The van der Waals surface area contributed by atoms with Crippen molar-refractivity contribution in [3.8, 4) is 0 Å². The van der Waals surface area contributed by atoms with E-state index < -0.39 is 9.84 Å². The molecule has 93 valence electrons. The third-order valence-electron chi connectivity index (χ3n) is 3.06. The molecule has 0 aliphatic carbocycles. The van der Waals surface area contributed by atoms with E-state index in [1.165, 1.54) is 5.75 Å². The highest BCUT2D eigenvalue weighted by Gasteiger charge is 2.33. The summed E-state index contributed by atoms with van der Waals surface area (Å²) in [6.07, 6.45) is 1.44. The molecule has 1 heterocycles. The largest absolute Gasteiger partial charge is 0.380 e. The summed E-state index contributed by atoms with van der Waals surface area (Å²) in [7, 11) is -3.23. The lowest BCUT2D eigenvalue weighted by atomic mass is 9.84. The topological polar surface area (TPSA) is 43.4 Å². The van der Waals surface area contributed by atoms with Gasteiger partial charge in [0, 0.05) is 5.41 Å². The van der Waals surface area contributed by atoms with Gasteiger partial charge in [-0.05, 0) is 25.0 Å². The summed E-state index contributed by atoms with van der Waals surface area (Å²) >= 11 is 0. The van der Waals surface area contributed by atoms with Crippen LogP contribution < -0.4 is 0 Å². The van der Waals surface area contributed by atoms with Crippen molar-refractivity contribution in [2.24, 2.45) is 5.41 Å². The summed E-state index contributed by atoms with van der Waals surface area (Å²) in [5.74, 6) is 1.42. The molecule has 17 heavy (non-hydrogen) atoms. The quantitative estimate of drug-likeness (QED) is 0.809. The molecule has 0 amide bonds. The molecular formula is C13H17O3S. The van der Waals surface area contributed by atoms with Crippen LogP contribution in [0, 0.1) is 11.2 Å². The number of rotatable bonds is 5. The maximum absolute atomic E-state index is 11.9. The van der Waals surface area contributed by atoms with Gasteiger partial charge in [-0.1, -0.05) is 25.1 Å². The third-order valence-corrected chi connectivity index (χ3v) is 4.66. The Hall–Kier alpha value is -0.870. The van der Waals surface area contributed by atoms with Crippen molar-refractivity contribution < 1.29 is 13.2 Å². The van der Waals surface area contributed by atoms with E-state index in [1.807, 2.05) is 6.07 Å². The molecule has 1 aliphatic heterocycles. The molecule has 1 saturated heterocycles. The minimum Gasteiger partial charge on any atom is -0.380 e. The Kier molecular flexibility index (Phi) is 3.54. The van der Waals surface area contributed by atoms with Crippen molar-refractivity contribution in [3.05, 3.63) is 36.1 Å². The molecule has 1 aromatic rings. The molecule has 2 rings (SSSR count). The first kappa shape index (κ1) is 12.6.